The van der Waals surface area contributed by atoms with Crippen LogP contribution in [0.2, 0.25) is 5.02 Å². The Kier molecular flexibility index (Phi) is 6.08. The fourth-order valence-corrected chi connectivity index (χ4v) is 4.48. The van der Waals surface area contributed by atoms with E-state index in [2.05, 4.69) is 78.2 Å². The monoisotopic (exact) mass is 415 g/mol. The second kappa shape index (κ2) is 8.92. The highest BCUT2D eigenvalue weighted by molar-refractivity contribution is 6.33. The molecule has 30 heavy (non-hydrogen) atoms. The molecular weight excluding hydrogens is 390 g/mol. The van der Waals surface area contributed by atoms with Crippen LogP contribution in [-0.2, 0) is 6.54 Å². The molecule has 0 radical (unpaired) electrons. The molecule has 152 valence electrons. The Labute approximate surface area is 184 Å². The lowest BCUT2D eigenvalue weighted by Gasteiger charge is -2.43. The fourth-order valence-electron chi connectivity index (χ4n) is 4.13. The Morgan fingerprint density at radius 3 is 2.30 bits per heavy atom. The van der Waals surface area contributed by atoms with Crippen molar-refractivity contribution in [2.75, 3.05) is 24.5 Å². The number of halogens is 1. The van der Waals surface area contributed by atoms with Crippen LogP contribution in [0.1, 0.15) is 33.9 Å². The lowest BCUT2D eigenvalue weighted by atomic mass is 9.99. The SMILES string of the molecule is Cc1ccc(C2CN(Cc3ccc(C#N)cc3)CCN2c2ccc(C)cc2Cl)cc1. The van der Waals surface area contributed by atoms with Gasteiger partial charge in [-0.2, -0.15) is 5.26 Å². The Morgan fingerprint density at radius 1 is 0.933 bits per heavy atom. The van der Waals surface area contributed by atoms with Crippen LogP contribution in [0, 0.1) is 25.2 Å². The summed E-state index contributed by atoms with van der Waals surface area (Å²) in [6.45, 7) is 7.88. The maximum absolute atomic E-state index is 9.03. The lowest BCUT2D eigenvalue weighted by Crippen LogP contribution is -2.48. The first-order valence-electron chi connectivity index (χ1n) is 10.3. The minimum atomic E-state index is 0.234. The zero-order valence-corrected chi connectivity index (χ0v) is 18.2. The van der Waals surface area contributed by atoms with E-state index in [1.807, 2.05) is 18.2 Å². The number of nitrogens with zero attached hydrogens (tertiary/aromatic N) is 3. The molecule has 3 nitrogen and oxygen atoms in total. The van der Waals surface area contributed by atoms with Gasteiger partial charge in [0.05, 0.1) is 28.4 Å². The molecule has 3 aromatic carbocycles. The highest BCUT2D eigenvalue weighted by atomic mass is 35.5. The predicted octanol–water partition coefficient (Wildman–Crippen LogP) is 5.89. The molecule has 3 aromatic rings. The number of rotatable bonds is 4. The fraction of sp³-hybridized carbons (Fsp3) is 0.269. The zero-order valence-electron chi connectivity index (χ0n) is 17.5. The van der Waals surface area contributed by atoms with Crippen molar-refractivity contribution in [3.63, 3.8) is 0 Å². The van der Waals surface area contributed by atoms with Crippen LogP contribution in [0.3, 0.4) is 0 Å². The van der Waals surface area contributed by atoms with Crippen LogP contribution < -0.4 is 4.90 Å². The molecule has 1 atom stereocenters. The third kappa shape index (κ3) is 4.51. The Bertz CT molecular complexity index is 1050. The van der Waals surface area contributed by atoms with E-state index in [4.69, 9.17) is 16.9 Å². The number of nitriles is 1. The van der Waals surface area contributed by atoms with Gasteiger partial charge in [-0.15, -0.1) is 0 Å². The Hall–Kier alpha value is -2.80. The zero-order chi connectivity index (χ0) is 21.1. The average molecular weight is 416 g/mol. The van der Waals surface area contributed by atoms with Crippen molar-refractivity contribution in [3.05, 3.63) is 99.6 Å². The first-order chi connectivity index (χ1) is 14.5. The van der Waals surface area contributed by atoms with E-state index in [-0.39, 0.29) is 6.04 Å². The maximum Gasteiger partial charge on any atom is 0.0991 e. The molecule has 1 unspecified atom stereocenters. The molecule has 0 bridgehead atoms. The summed E-state index contributed by atoms with van der Waals surface area (Å²) in [6.07, 6.45) is 0. The molecule has 4 heteroatoms. The molecule has 1 heterocycles. The highest BCUT2D eigenvalue weighted by Gasteiger charge is 2.29. The van der Waals surface area contributed by atoms with Crippen LogP contribution in [-0.4, -0.2) is 24.5 Å². The van der Waals surface area contributed by atoms with Crippen molar-refractivity contribution in [1.82, 2.24) is 4.90 Å². The number of hydrogen-bond donors (Lipinski definition) is 0. The smallest absolute Gasteiger partial charge is 0.0991 e. The van der Waals surface area contributed by atoms with Gasteiger partial charge in [0.1, 0.15) is 0 Å². The first kappa shape index (κ1) is 20.5. The molecule has 1 aliphatic rings. The quantitative estimate of drug-likeness (QED) is 0.532. The topological polar surface area (TPSA) is 30.3 Å². The average Bonchev–Trinajstić information content (AvgIpc) is 2.75. The highest BCUT2D eigenvalue weighted by Crippen LogP contribution is 2.36. The van der Waals surface area contributed by atoms with Gasteiger partial charge in [0.15, 0.2) is 0 Å². The van der Waals surface area contributed by atoms with Gasteiger partial charge in [0, 0.05) is 26.2 Å². The van der Waals surface area contributed by atoms with Gasteiger partial charge >= 0.3 is 0 Å². The van der Waals surface area contributed by atoms with Crippen molar-refractivity contribution in [2.24, 2.45) is 0 Å². The van der Waals surface area contributed by atoms with Gasteiger partial charge in [-0.05, 0) is 54.8 Å². The van der Waals surface area contributed by atoms with E-state index in [1.54, 1.807) is 0 Å². The van der Waals surface area contributed by atoms with Gasteiger partial charge in [0.2, 0.25) is 0 Å². The Morgan fingerprint density at radius 2 is 1.63 bits per heavy atom. The molecule has 1 saturated heterocycles. The molecule has 0 saturated carbocycles. The van der Waals surface area contributed by atoms with E-state index in [9.17, 15) is 0 Å². The van der Waals surface area contributed by atoms with Gasteiger partial charge in [-0.1, -0.05) is 59.6 Å². The van der Waals surface area contributed by atoms with Crippen molar-refractivity contribution >= 4 is 17.3 Å². The molecular formula is C26H26ClN3. The molecule has 4 rings (SSSR count). The van der Waals surface area contributed by atoms with Crippen LogP contribution in [0.25, 0.3) is 0 Å². The van der Waals surface area contributed by atoms with Crippen LogP contribution >= 0.6 is 11.6 Å². The summed E-state index contributed by atoms with van der Waals surface area (Å²) >= 11 is 6.65. The van der Waals surface area contributed by atoms with E-state index >= 15 is 0 Å². The first-order valence-corrected chi connectivity index (χ1v) is 10.7. The summed E-state index contributed by atoms with van der Waals surface area (Å²) in [5, 5.41) is 9.84. The maximum atomic E-state index is 9.03. The molecule has 0 spiro atoms. The normalized spacial score (nSPS) is 17.0. The van der Waals surface area contributed by atoms with Crippen LogP contribution in [0.15, 0.2) is 66.7 Å². The summed E-state index contributed by atoms with van der Waals surface area (Å²) < 4.78 is 0. The number of hydrogen-bond acceptors (Lipinski definition) is 3. The van der Waals surface area contributed by atoms with Gasteiger partial charge in [-0.25, -0.2) is 0 Å². The summed E-state index contributed by atoms with van der Waals surface area (Å²) in [5.74, 6) is 0. The van der Waals surface area contributed by atoms with Crippen molar-refractivity contribution in [3.8, 4) is 6.07 Å². The lowest BCUT2D eigenvalue weighted by molar-refractivity contribution is 0.215. The number of aryl methyl sites for hydroxylation is 2. The third-order valence-corrected chi connectivity index (χ3v) is 6.13. The van der Waals surface area contributed by atoms with Crippen molar-refractivity contribution < 1.29 is 0 Å². The van der Waals surface area contributed by atoms with Crippen molar-refractivity contribution in [2.45, 2.75) is 26.4 Å². The Balaban J connectivity index is 1.60. The third-order valence-electron chi connectivity index (χ3n) is 5.83. The molecule has 0 amide bonds. The summed E-state index contributed by atoms with van der Waals surface area (Å²) in [7, 11) is 0. The van der Waals surface area contributed by atoms with E-state index in [0.717, 1.165) is 36.9 Å². The molecule has 0 aliphatic carbocycles. The van der Waals surface area contributed by atoms with Gasteiger partial charge in [-0.3, -0.25) is 4.90 Å². The molecule has 0 aromatic heterocycles. The van der Waals surface area contributed by atoms with Crippen LogP contribution in [0.4, 0.5) is 5.69 Å². The summed E-state index contributed by atoms with van der Waals surface area (Å²) in [5.41, 5.74) is 6.79. The predicted molar refractivity (Wildman–Crippen MR) is 124 cm³/mol. The van der Waals surface area contributed by atoms with E-state index in [1.165, 1.54) is 22.3 Å². The van der Waals surface area contributed by atoms with E-state index in [0.29, 0.717) is 5.56 Å². The standard InChI is InChI=1S/C26H26ClN3/c1-19-3-10-23(11-4-19)26-18-29(17-22-8-6-21(16-28)7-9-22)13-14-30(26)25-12-5-20(2)15-24(25)27/h3-12,15,26H,13-14,17-18H2,1-2H3. The minimum absolute atomic E-state index is 0.234. The number of piperazine rings is 1. The van der Waals surface area contributed by atoms with E-state index < -0.39 is 0 Å². The summed E-state index contributed by atoms with van der Waals surface area (Å²) in [6, 6.07) is 25.5. The van der Waals surface area contributed by atoms with Crippen molar-refractivity contribution in [1.29, 1.82) is 5.26 Å². The molecule has 1 fully saturated rings. The minimum Gasteiger partial charge on any atom is -0.361 e. The largest absolute Gasteiger partial charge is 0.361 e. The molecule has 0 N–H and O–H groups in total. The van der Waals surface area contributed by atoms with Gasteiger partial charge < -0.3 is 4.90 Å². The van der Waals surface area contributed by atoms with Gasteiger partial charge in [0.25, 0.3) is 0 Å². The second-order valence-electron chi connectivity index (χ2n) is 8.12. The number of benzene rings is 3. The second-order valence-corrected chi connectivity index (χ2v) is 8.53. The van der Waals surface area contributed by atoms with Crippen LogP contribution in [0.5, 0.6) is 0 Å². The molecule has 1 aliphatic heterocycles. The number of anilines is 1. The summed E-state index contributed by atoms with van der Waals surface area (Å²) in [4.78, 5) is 4.94.